The van der Waals surface area contributed by atoms with E-state index in [-0.39, 0.29) is 6.03 Å². The van der Waals surface area contributed by atoms with Crippen LogP contribution in [0, 0.1) is 13.8 Å². The Kier molecular flexibility index (Phi) is 6.36. The fourth-order valence-corrected chi connectivity index (χ4v) is 3.96. The first-order chi connectivity index (χ1) is 13.4. The minimum absolute atomic E-state index is 0.292. The molecule has 1 fully saturated rings. The second-order valence-electron chi connectivity index (χ2n) is 7.49. The molecule has 1 unspecified atom stereocenters. The van der Waals surface area contributed by atoms with Crippen molar-refractivity contribution in [1.29, 1.82) is 0 Å². The highest BCUT2D eigenvalue weighted by atomic mass is 16.5. The van der Waals surface area contributed by atoms with Gasteiger partial charge in [0.1, 0.15) is 0 Å². The van der Waals surface area contributed by atoms with E-state index in [1.807, 2.05) is 26.0 Å². The summed E-state index contributed by atoms with van der Waals surface area (Å²) >= 11 is 0. The highest BCUT2D eigenvalue weighted by Gasteiger charge is 2.35. The molecule has 0 bridgehead atoms. The lowest BCUT2D eigenvalue weighted by Gasteiger charge is -2.36. The number of rotatable bonds is 5. The Morgan fingerprint density at radius 1 is 1.18 bits per heavy atom. The van der Waals surface area contributed by atoms with Crippen molar-refractivity contribution in [2.45, 2.75) is 26.8 Å². The van der Waals surface area contributed by atoms with Gasteiger partial charge < -0.3 is 20.3 Å². The molecular weight excluding hydrogens is 356 g/mol. The fraction of sp³-hybridized carbons (Fsp3) is 0.524. The normalized spacial score (nSPS) is 21.3. The molecule has 2 N–H and O–H groups in total. The number of piperazine rings is 1. The molecule has 7 nitrogen and oxygen atoms in total. The molecule has 2 heterocycles. The number of carbonyl (C=O) groups excluding carboxylic acids is 2. The van der Waals surface area contributed by atoms with Gasteiger partial charge in [0.2, 0.25) is 0 Å². The van der Waals surface area contributed by atoms with Gasteiger partial charge in [0.15, 0.2) is 0 Å². The van der Waals surface area contributed by atoms with Crippen molar-refractivity contribution in [3.8, 4) is 0 Å². The molecule has 0 aromatic heterocycles. The van der Waals surface area contributed by atoms with E-state index >= 15 is 0 Å². The van der Waals surface area contributed by atoms with Crippen LogP contribution in [-0.2, 0) is 9.53 Å². The summed E-state index contributed by atoms with van der Waals surface area (Å²) in [7, 11) is 1.38. The number of aryl methyl sites for hydroxylation is 2. The van der Waals surface area contributed by atoms with E-state index in [1.165, 1.54) is 7.11 Å². The molecule has 2 aliphatic rings. The number of esters is 1. The molecular formula is C21H30N4O3. The van der Waals surface area contributed by atoms with Gasteiger partial charge in [0.25, 0.3) is 0 Å². The van der Waals surface area contributed by atoms with Gasteiger partial charge in [-0.15, -0.1) is 0 Å². The number of amides is 2. The molecule has 1 atom stereocenters. The summed E-state index contributed by atoms with van der Waals surface area (Å²) in [6, 6.07) is 5.21. The molecule has 0 spiro atoms. The zero-order valence-electron chi connectivity index (χ0n) is 17.2. The number of ether oxygens (including phenoxy) is 1. The van der Waals surface area contributed by atoms with Crippen LogP contribution in [0.25, 0.3) is 0 Å². The van der Waals surface area contributed by atoms with Crippen LogP contribution < -0.4 is 10.6 Å². The number of urea groups is 1. The third-order valence-corrected chi connectivity index (χ3v) is 5.59. The van der Waals surface area contributed by atoms with Crippen molar-refractivity contribution in [2.75, 3.05) is 46.4 Å². The standard InChI is InChI=1S/C21H30N4O3/c1-5-24-8-10-25(11-9-24)13-17-18(20(26)28-4)19(23-21(27)22-17)16-7-6-14(2)12-15(16)3/h6-7,12,19H,5,8-11,13H2,1-4H3,(H2,22,23,27). The Bertz CT molecular complexity index is 782. The molecule has 0 radical (unpaired) electrons. The van der Waals surface area contributed by atoms with Crippen LogP contribution in [0.2, 0.25) is 0 Å². The summed E-state index contributed by atoms with van der Waals surface area (Å²) < 4.78 is 5.08. The van der Waals surface area contributed by atoms with E-state index in [1.54, 1.807) is 0 Å². The number of nitrogens with one attached hydrogen (secondary N) is 2. The van der Waals surface area contributed by atoms with Crippen molar-refractivity contribution >= 4 is 12.0 Å². The van der Waals surface area contributed by atoms with Crippen LogP contribution in [0.4, 0.5) is 4.79 Å². The van der Waals surface area contributed by atoms with E-state index in [2.05, 4.69) is 33.4 Å². The van der Waals surface area contributed by atoms with Gasteiger partial charge >= 0.3 is 12.0 Å². The fourth-order valence-electron chi connectivity index (χ4n) is 3.96. The lowest BCUT2D eigenvalue weighted by Crippen LogP contribution is -2.51. The van der Waals surface area contributed by atoms with Crippen LogP contribution in [0.1, 0.15) is 29.7 Å². The molecule has 2 amide bonds. The number of hydrogen-bond donors (Lipinski definition) is 2. The summed E-state index contributed by atoms with van der Waals surface area (Å²) in [4.78, 5) is 29.8. The molecule has 0 saturated carbocycles. The summed E-state index contributed by atoms with van der Waals surface area (Å²) in [5, 5.41) is 5.76. The topological polar surface area (TPSA) is 73.9 Å². The first-order valence-corrected chi connectivity index (χ1v) is 9.83. The number of carbonyl (C=O) groups is 2. The minimum Gasteiger partial charge on any atom is -0.466 e. The summed E-state index contributed by atoms with van der Waals surface area (Å²) in [6.07, 6.45) is 0. The van der Waals surface area contributed by atoms with Crippen LogP contribution in [0.5, 0.6) is 0 Å². The van der Waals surface area contributed by atoms with Crippen molar-refractivity contribution in [3.05, 3.63) is 46.2 Å². The van der Waals surface area contributed by atoms with Crippen LogP contribution >= 0.6 is 0 Å². The van der Waals surface area contributed by atoms with Gasteiger partial charge in [-0.05, 0) is 31.5 Å². The van der Waals surface area contributed by atoms with Crippen molar-refractivity contribution in [2.24, 2.45) is 0 Å². The Labute approximate surface area is 166 Å². The zero-order chi connectivity index (χ0) is 20.3. The molecule has 152 valence electrons. The first-order valence-electron chi connectivity index (χ1n) is 9.83. The van der Waals surface area contributed by atoms with Crippen molar-refractivity contribution in [3.63, 3.8) is 0 Å². The van der Waals surface area contributed by atoms with Crippen LogP contribution in [-0.4, -0.2) is 68.2 Å². The van der Waals surface area contributed by atoms with Gasteiger partial charge in [-0.25, -0.2) is 9.59 Å². The number of hydrogen-bond acceptors (Lipinski definition) is 5. The number of methoxy groups -OCH3 is 1. The molecule has 0 aliphatic carbocycles. The van der Waals surface area contributed by atoms with Crippen LogP contribution in [0.15, 0.2) is 29.5 Å². The maximum Gasteiger partial charge on any atom is 0.338 e. The lowest BCUT2D eigenvalue weighted by atomic mass is 9.91. The molecule has 7 heteroatoms. The smallest absolute Gasteiger partial charge is 0.338 e. The van der Waals surface area contributed by atoms with E-state index < -0.39 is 12.0 Å². The van der Waals surface area contributed by atoms with Gasteiger partial charge in [0, 0.05) is 38.4 Å². The Hall–Kier alpha value is -2.38. The van der Waals surface area contributed by atoms with Gasteiger partial charge in [0.05, 0.1) is 18.7 Å². The van der Waals surface area contributed by atoms with E-state index in [4.69, 9.17) is 4.74 Å². The monoisotopic (exact) mass is 386 g/mol. The van der Waals surface area contributed by atoms with Gasteiger partial charge in [-0.2, -0.15) is 0 Å². The third-order valence-electron chi connectivity index (χ3n) is 5.59. The second kappa shape index (κ2) is 8.75. The molecule has 28 heavy (non-hydrogen) atoms. The molecule has 3 rings (SSSR count). The number of likely N-dealkylation sites (N-methyl/N-ethyl adjacent to an activating group) is 1. The SMILES string of the molecule is CCN1CCN(CC2=C(C(=O)OC)C(c3ccc(C)cc3C)NC(=O)N2)CC1. The predicted octanol–water partition coefficient (Wildman–Crippen LogP) is 1.72. The van der Waals surface area contributed by atoms with Gasteiger partial charge in [-0.3, -0.25) is 4.90 Å². The molecule has 1 aromatic carbocycles. The predicted molar refractivity (Wildman–Crippen MR) is 108 cm³/mol. The first kappa shape index (κ1) is 20.4. The zero-order valence-corrected chi connectivity index (χ0v) is 17.2. The van der Waals surface area contributed by atoms with E-state index in [0.717, 1.165) is 49.4 Å². The van der Waals surface area contributed by atoms with Gasteiger partial charge in [-0.1, -0.05) is 30.7 Å². The average molecular weight is 386 g/mol. The Morgan fingerprint density at radius 3 is 2.46 bits per heavy atom. The summed E-state index contributed by atoms with van der Waals surface area (Å²) in [5.41, 5.74) is 4.19. The van der Waals surface area contributed by atoms with E-state index in [9.17, 15) is 9.59 Å². The Morgan fingerprint density at radius 2 is 1.86 bits per heavy atom. The molecule has 1 saturated heterocycles. The maximum atomic E-state index is 12.7. The van der Waals surface area contributed by atoms with Crippen molar-refractivity contribution in [1.82, 2.24) is 20.4 Å². The summed E-state index contributed by atoms with van der Waals surface area (Å²) in [5.74, 6) is -0.417. The van der Waals surface area contributed by atoms with Crippen LogP contribution in [0.3, 0.4) is 0 Å². The largest absolute Gasteiger partial charge is 0.466 e. The molecule has 2 aliphatic heterocycles. The number of benzene rings is 1. The van der Waals surface area contributed by atoms with Crippen molar-refractivity contribution < 1.29 is 14.3 Å². The molecule has 1 aromatic rings. The minimum atomic E-state index is -0.520. The maximum absolute atomic E-state index is 12.7. The Balaban J connectivity index is 1.94. The summed E-state index contributed by atoms with van der Waals surface area (Å²) in [6.45, 7) is 11.5. The highest BCUT2D eigenvalue weighted by Crippen LogP contribution is 2.30. The number of nitrogens with zero attached hydrogens (tertiary/aromatic N) is 2. The average Bonchev–Trinajstić information content (AvgIpc) is 2.67. The highest BCUT2D eigenvalue weighted by molar-refractivity contribution is 5.95. The second-order valence-corrected chi connectivity index (χ2v) is 7.49. The third kappa shape index (κ3) is 4.36. The van der Waals surface area contributed by atoms with E-state index in [0.29, 0.717) is 17.8 Å². The lowest BCUT2D eigenvalue weighted by molar-refractivity contribution is -0.136. The quantitative estimate of drug-likeness (QED) is 0.754.